The van der Waals surface area contributed by atoms with Crippen LogP contribution in [-0.4, -0.2) is 5.11 Å². The summed E-state index contributed by atoms with van der Waals surface area (Å²) in [5.41, 5.74) is 6.58. The minimum absolute atomic E-state index is 0.165. The molecule has 0 unspecified atom stereocenters. The van der Waals surface area contributed by atoms with Crippen LogP contribution in [0.2, 0.25) is 0 Å². The van der Waals surface area contributed by atoms with Crippen LogP contribution in [0.15, 0.2) is 42.5 Å². The lowest BCUT2D eigenvalue weighted by Crippen LogP contribution is -2.07. The standard InChI is InChI=1S/C18H21NO2/c1-4-5-9-15-10-7-11-16(20)18(15)19-21-17-12-6-8-13(2)14(17)3/h5-12,19-20H,4H2,1-3H3/b9-5-. The van der Waals surface area contributed by atoms with E-state index in [4.69, 9.17) is 4.84 Å². The number of para-hydroxylation sites is 1. The van der Waals surface area contributed by atoms with Crippen LogP contribution >= 0.6 is 0 Å². The van der Waals surface area contributed by atoms with Gasteiger partial charge in [-0.25, -0.2) is 5.48 Å². The van der Waals surface area contributed by atoms with E-state index < -0.39 is 0 Å². The Morgan fingerprint density at radius 2 is 1.90 bits per heavy atom. The van der Waals surface area contributed by atoms with E-state index in [9.17, 15) is 5.11 Å². The van der Waals surface area contributed by atoms with Gasteiger partial charge in [0.05, 0.1) is 0 Å². The van der Waals surface area contributed by atoms with Crippen molar-refractivity contribution in [1.82, 2.24) is 0 Å². The molecule has 3 nitrogen and oxygen atoms in total. The molecule has 0 fully saturated rings. The first kappa shape index (κ1) is 15.0. The van der Waals surface area contributed by atoms with Gasteiger partial charge < -0.3 is 9.94 Å². The predicted molar refractivity (Wildman–Crippen MR) is 87.6 cm³/mol. The Hall–Kier alpha value is -2.42. The highest BCUT2D eigenvalue weighted by Gasteiger charge is 2.08. The van der Waals surface area contributed by atoms with Gasteiger partial charge in [-0.1, -0.05) is 43.3 Å². The largest absolute Gasteiger partial charge is 0.506 e. The zero-order valence-electron chi connectivity index (χ0n) is 12.7. The van der Waals surface area contributed by atoms with Crippen molar-refractivity contribution in [2.75, 3.05) is 5.48 Å². The average Bonchev–Trinajstić information content (AvgIpc) is 2.48. The quantitative estimate of drug-likeness (QED) is 0.609. The summed E-state index contributed by atoms with van der Waals surface area (Å²) < 4.78 is 0. The molecule has 0 heterocycles. The summed E-state index contributed by atoms with van der Waals surface area (Å²) >= 11 is 0. The second-order valence-electron chi connectivity index (χ2n) is 4.95. The molecule has 0 saturated carbocycles. The molecule has 0 aliphatic heterocycles. The first-order valence-electron chi connectivity index (χ1n) is 7.11. The number of phenolic OH excluding ortho intramolecular Hbond substituents is 1. The predicted octanol–water partition coefficient (Wildman–Crippen LogP) is 4.84. The summed E-state index contributed by atoms with van der Waals surface area (Å²) in [5, 5.41) is 10.0. The molecule has 2 aromatic carbocycles. The number of nitrogens with one attached hydrogen (secondary N) is 1. The Bertz CT molecular complexity index is 648. The van der Waals surface area contributed by atoms with Crippen LogP contribution in [0.1, 0.15) is 30.0 Å². The van der Waals surface area contributed by atoms with E-state index in [0.717, 1.165) is 28.9 Å². The number of aromatic hydroxyl groups is 1. The Labute approximate surface area is 125 Å². The van der Waals surface area contributed by atoms with Crippen LogP contribution in [0.4, 0.5) is 5.69 Å². The second kappa shape index (κ2) is 6.84. The minimum atomic E-state index is 0.165. The highest BCUT2D eigenvalue weighted by atomic mass is 16.6. The van der Waals surface area contributed by atoms with E-state index in [1.807, 2.05) is 56.3 Å². The molecule has 0 spiro atoms. The van der Waals surface area contributed by atoms with Gasteiger partial charge in [-0.2, -0.15) is 0 Å². The molecule has 2 aromatic rings. The summed E-state index contributed by atoms with van der Waals surface area (Å²) in [6.45, 7) is 6.12. The fourth-order valence-electron chi connectivity index (χ4n) is 1.99. The van der Waals surface area contributed by atoms with Crippen LogP contribution in [-0.2, 0) is 0 Å². The summed E-state index contributed by atoms with van der Waals surface area (Å²) in [6, 6.07) is 11.3. The van der Waals surface area contributed by atoms with Crippen LogP contribution < -0.4 is 10.3 Å². The topological polar surface area (TPSA) is 41.5 Å². The van der Waals surface area contributed by atoms with Crippen molar-refractivity contribution in [3.8, 4) is 11.5 Å². The smallest absolute Gasteiger partial charge is 0.158 e. The summed E-state index contributed by atoms with van der Waals surface area (Å²) in [5.74, 6) is 0.919. The van der Waals surface area contributed by atoms with E-state index >= 15 is 0 Å². The van der Waals surface area contributed by atoms with Crippen LogP contribution in [0.3, 0.4) is 0 Å². The van der Waals surface area contributed by atoms with Crippen molar-refractivity contribution < 1.29 is 9.94 Å². The second-order valence-corrected chi connectivity index (χ2v) is 4.95. The van der Waals surface area contributed by atoms with Crippen molar-refractivity contribution >= 4 is 11.8 Å². The minimum Gasteiger partial charge on any atom is -0.506 e. The SMILES string of the molecule is CC/C=C\c1cccc(O)c1NOc1cccc(C)c1C. The van der Waals surface area contributed by atoms with Gasteiger partial charge >= 0.3 is 0 Å². The number of allylic oxidation sites excluding steroid dienone is 1. The van der Waals surface area contributed by atoms with Gasteiger partial charge in [-0.15, -0.1) is 0 Å². The van der Waals surface area contributed by atoms with Crippen LogP contribution in [0.5, 0.6) is 11.5 Å². The van der Waals surface area contributed by atoms with E-state index in [-0.39, 0.29) is 5.75 Å². The van der Waals surface area contributed by atoms with Crippen molar-refractivity contribution in [2.24, 2.45) is 0 Å². The Morgan fingerprint density at radius 3 is 2.67 bits per heavy atom. The Kier molecular flexibility index (Phi) is 4.88. The molecule has 21 heavy (non-hydrogen) atoms. The third-order valence-corrected chi connectivity index (χ3v) is 3.43. The molecule has 0 amide bonds. The lowest BCUT2D eigenvalue weighted by Gasteiger charge is -2.14. The van der Waals surface area contributed by atoms with Gasteiger partial charge in [0.25, 0.3) is 0 Å². The molecule has 2 rings (SSSR count). The molecular weight excluding hydrogens is 262 g/mol. The van der Waals surface area contributed by atoms with Gasteiger partial charge in [0.15, 0.2) is 5.75 Å². The Balaban J connectivity index is 2.23. The van der Waals surface area contributed by atoms with Crippen molar-refractivity contribution in [1.29, 1.82) is 0 Å². The van der Waals surface area contributed by atoms with Gasteiger partial charge in [-0.3, -0.25) is 0 Å². The zero-order valence-corrected chi connectivity index (χ0v) is 12.7. The molecule has 2 N–H and O–H groups in total. The first-order valence-corrected chi connectivity index (χ1v) is 7.11. The average molecular weight is 283 g/mol. The lowest BCUT2D eigenvalue weighted by atomic mass is 10.1. The molecular formula is C18H21NO2. The Morgan fingerprint density at radius 1 is 1.14 bits per heavy atom. The number of hydrogen-bond donors (Lipinski definition) is 2. The van der Waals surface area contributed by atoms with Gasteiger partial charge in [0.1, 0.15) is 11.4 Å². The first-order chi connectivity index (χ1) is 10.1. The summed E-state index contributed by atoms with van der Waals surface area (Å²) in [7, 11) is 0. The van der Waals surface area contributed by atoms with Crippen molar-refractivity contribution in [2.45, 2.75) is 27.2 Å². The lowest BCUT2D eigenvalue weighted by molar-refractivity contribution is 0.393. The maximum Gasteiger partial charge on any atom is 0.158 e. The number of hydrogen-bond acceptors (Lipinski definition) is 3. The fraction of sp³-hybridized carbons (Fsp3) is 0.222. The molecule has 0 bridgehead atoms. The molecule has 0 aliphatic carbocycles. The molecule has 3 heteroatoms. The molecule has 110 valence electrons. The van der Waals surface area contributed by atoms with E-state index in [1.54, 1.807) is 6.07 Å². The zero-order chi connectivity index (χ0) is 15.2. The van der Waals surface area contributed by atoms with Crippen LogP contribution in [0, 0.1) is 13.8 Å². The number of benzene rings is 2. The molecule has 0 atom stereocenters. The highest BCUT2D eigenvalue weighted by Crippen LogP contribution is 2.29. The molecule has 0 aromatic heterocycles. The maximum atomic E-state index is 10.0. The fourth-order valence-corrected chi connectivity index (χ4v) is 1.99. The molecule has 0 aliphatic rings. The van der Waals surface area contributed by atoms with Gasteiger partial charge in [0.2, 0.25) is 0 Å². The third kappa shape index (κ3) is 3.57. The maximum absolute atomic E-state index is 10.0. The highest BCUT2D eigenvalue weighted by molar-refractivity contribution is 5.71. The summed E-state index contributed by atoms with van der Waals surface area (Å²) in [4.78, 5) is 5.66. The number of phenols is 1. The van der Waals surface area contributed by atoms with E-state index in [2.05, 4.69) is 12.4 Å². The van der Waals surface area contributed by atoms with Crippen molar-refractivity contribution in [3.63, 3.8) is 0 Å². The number of anilines is 1. The normalized spacial score (nSPS) is 10.8. The van der Waals surface area contributed by atoms with E-state index in [1.165, 1.54) is 0 Å². The van der Waals surface area contributed by atoms with Gasteiger partial charge in [-0.05, 0) is 43.5 Å². The molecule has 0 saturated heterocycles. The molecule has 0 radical (unpaired) electrons. The van der Waals surface area contributed by atoms with Crippen LogP contribution in [0.25, 0.3) is 6.08 Å². The number of rotatable bonds is 5. The van der Waals surface area contributed by atoms with E-state index in [0.29, 0.717) is 5.69 Å². The van der Waals surface area contributed by atoms with Gasteiger partial charge in [0, 0.05) is 5.56 Å². The summed E-state index contributed by atoms with van der Waals surface area (Å²) in [6.07, 6.45) is 4.94. The number of aryl methyl sites for hydroxylation is 1. The third-order valence-electron chi connectivity index (χ3n) is 3.43. The monoisotopic (exact) mass is 283 g/mol. The van der Waals surface area contributed by atoms with Crippen molar-refractivity contribution in [3.05, 3.63) is 59.2 Å².